The maximum absolute atomic E-state index is 11.3. The first-order chi connectivity index (χ1) is 9.38. The molecule has 0 aromatic rings. The van der Waals surface area contributed by atoms with E-state index in [2.05, 4.69) is 5.32 Å². The number of carboxylic acids is 1. The van der Waals surface area contributed by atoms with Crippen LogP contribution in [0.4, 0.5) is 0 Å². The van der Waals surface area contributed by atoms with Crippen molar-refractivity contribution in [2.45, 2.75) is 64.3 Å². The molecule has 0 aromatic heterocycles. The maximum atomic E-state index is 11.3. The number of carbonyl (C=O) groups excluding carboxylic acids is 2. The van der Waals surface area contributed by atoms with E-state index in [0.29, 0.717) is 0 Å². The smallest absolute Gasteiger partial charge is 0.217 e. The Morgan fingerprint density at radius 3 is 2.55 bits per heavy atom. The lowest BCUT2D eigenvalue weighted by Crippen LogP contribution is -2.57. The second-order valence-corrected chi connectivity index (χ2v) is 5.11. The number of carboxylic acid groups (broad SMARTS) is 1. The number of amides is 1. The molecule has 20 heavy (non-hydrogen) atoms. The Morgan fingerprint density at radius 1 is 1.50 bits per heavy atom. The van der Waals surface area contributed by atoms with Gasteiger partial charge < -0.3 is 25.7 Å². The monoisotopic (exact) mass is 283 g/mol. The molecule has 6 heteroatoms. The number of aliphatic carboxylic acids is 1. The van der Waals surface area contributed by atoms with Crippen LogP contribution in [-0.4, -0.2) is 36.2 Å². The van der Waals surface area contributed by atoms with Crippen LogP contribution in [-0.2, 0) is 14.3 Å². The topological polar surface area (TPSA) is 104 Å². The van der Waals surface area contributed by atoms with Gasteiger partial charge in [-0.3, -0.25) is 4.79 Å². The normalized spacial score (nSPS) is 26.2. The summed E-state index contributed by atoms with van der Waals surface area (Å²) < 4.78 is 5.89. The third-order valence-corrected chi connectivity index (χ3v) is 3.53. The van der Waals surface area contributed by atoms with Gasteiger partial charge in [0.15, 0.2) is 0 Å². The largest absolute Gasteiger partial charge is 0.545 e. The average molecular weight is 283 g/mol. The predicted molar refractivity (Wildman–Crippen MR) is 72.5 cm³/mol. The summed E-state index contributed by atoms with van der Waals surface area (Å²) in [5.74, 6) is -1.45. The number of nitrogens with one attached hydrogen (secondary N) is 1. The standard InChI is InChI=1S/C14H24N2O4/c1-4-10(5-2)20-12-7-9(14(18)19)6-11(15)13(12)16-8(3)17/h7,10-13H,4-6,15H2,1-3H3,(H,16,17)(H,18,19)/p-1. The van der Waals surface area contributed by atoms with E-state index < -0.39 is 24.2 Å². The third-order valence-electron chi connectivity index (χ3n) is 3.53. The molecule has 0 bridgehead atoms. The van der Waals surface area contributed by atoms with Crippen molar-refractivity contribution in [3.63, 3.8) is 0 Å². The number of carbonyl (C=O) groups is 2. The fraction of sp³-hybridized carbons (Fsp3) is 0.714. The summed E-state index contributed by atoms with van der Waals surface area (Å²) in [5, 5.41) is 13.8. The molecule has 0 saturated carbocycles. The van der Waals surface area contributed by atoms with E-state index >= 15 is 0 Å². The molecule has 0 heterocycles. The minimum atomic E-state index is -1.24. The second kappa shape index (κ2) is 7.40. The van der Waals surface area contributed by atoms with Gasteiger partial charge in [0.05, 0.1) is 24.2 Å². The molecule has 114 valence electrons. The van der Waals surface area contributed by atoms with Gasteiger partial charge in [-0.05, 0) is 30.9 Å². The molecule has 1 amide bonds. The van der Waals surface area contributed by atoms with Crippen LogP contribution in [0.25, 0.3) is 0 Å². The van der Waals surface area contributed by atoms with Crippen molar-refractivity contribution in [1.82, 2.24) is 5.32 Å². The Bertz CT molecular complexity index is 391. The molecule has 0 saturated heterocycles. The quantitative estimate of drug-likeness (QED) is 0.682. The fourth-order valence-electron chi connectivity index (χ4n) is 2.40. The summed E-state index contributed by atoms with van der Waals surface area (Å²) in [5.41, 5.74) is 6.11. The van der Waals surface area contributed by atoms with Crippen molar-refractivity contribution in [3.8, 4) is 0 Å². The average Bonchev–Trinajstić information content (AvgIpc) is 2.38. The molecule has 1 aliphatic rings. The number of hydrogen-bond acceptors (Lipinski definition) is 5. The zero-order valence-corrected chi connectivity index (χ0v) is 12.2. The van der Waals surface area contributed by atoms with Crippen LogP contribution in [0.15, 0.2) is 11.6 Å². The molecule has 0 fully saturated rings. The van der Waals surface area contributed by atoms with Gasteiger partial charge in [0, 0.05) is 13.0 Å². The van der Waals surface area contributed by atoms with Crippen LogP contribution in [0.2, 0.25) is 0 Å². The van der Waals surface area contributed by atoms with Crippen molar-refractivity contribution >= 4 is 11.9 Å². The highest BCUT2D eigenvalue weighted by molar-refractivity contribution is 5.85. The molecule has 1 rings (SSSR count). The van der Waals surface area contributed by atoms with Crippen molar-refractivity contribution < 1.29 is 19.4 Å². The minimum absolute atomic E-state index is 0.000752. The van der Waals surface area contributed by atoms with Crippen molar-refractivity contribution in [3.05, 3.63) is 11.6 Å². The Kier molecular flexibility index (Phi) is 6.16. The predicted octanol–water partition coefficient (Wildman–Crippen LogP) is -0.528. The summed E-state index contributed by atoms with van der Waals surface area (Å²) in [7, 11) is 0. The highest BCUT2D eigenvalue weighted by Gasteiger charge is 2.33. The number of hydrogen-bond donors (Lipinski definition) is 2. The first-order valence-electron chi connectivity index (χ1n) is 6.99. The Morgan fingerprint density at radius 2 is 2.10 bits per heavy atom. The molecule has 3 atom stereocenters. The molecular formula is C14H23N2O4-. The van der Waals surface area contributed by atoms with Gasteiger partial charge in [0.25, 0.3) is 0 Å². The lowest BCUT2D eigenvalue weighted by molar-refractivity contribution is -0.299. The molecule has 3 unspecified atom stereocenters. The van der Waals surface area contributed by atoms with Crippen molar-refractivity contribution in [2.24, 2.45) is 5.73 Å². The van der Waals surface area contributed by atoms with Crippen LogP contribution in [0.3, 0.4) is 0 Å². The van der Waals surface area contributed by atoms with E-state index in [4.69, 9.17) is 10.5 Å². The van der Waals surface area contributed by atoms with Crippen LogP contribution < -0.4 is 16.2 Å². The third kappa shape index (κ3) is 4.31. The van der Waals surface area contributed by atoms with Crippen molar-refractivity contribution in [1.29, 1.82) is 0 Å². The van der Waals surface area contributed by atoms with E-state index in [1.54, 1.807) is 0 Å². The minimum Gasteiger partial charge on any atom is -0.545 e. The van der Waals surface area contributed by atoms with Gasteiger partial charge in [-0.1, -0.05) is 13.8 Å². The van der Waals surface area contributed by atoms with Crippen LogP contribution in [0.5, 0.6) is 0 Å². The number of ether oxygens (including phenoxy) is 1. The van der Waals surface area contributed by atoms with E-state index in [1.807, 2.05) is 13.8 Å². The fourth-order valence-corrected chi connectivity index (χ4v) is 2.40. The first-order valence-corrected chi connectivity index (χ1v) is 6.99. The molecule has 3 N–H and O–H groups in total. The summed E-state index contributed by atoms with van der Waals surface area (Å²) in [6.07, 6.45) is 2.75. The molecule has 1 aliphatic carbocycles. The van der Waals surface area contributed by atoms with Crippen molar-refractivity contribution in [2.75, 3.05) is 0 Å². The Labute approximate surface area is 119 Å². The molecule has 0 aliphatic heterocycles. The first kappa shape index (κ1) is 16.7. The molecular weight excluding hydrogens is 260 g/mol. The molecule has 0 aromatic carbocycles. The summed E-state index contributed by atoms with van der Waals surface area (Å²) in [6.45, 7) is 5.39. The Balaban J connectivity index is 2.96. The number of nitrogens with two attached hydrogens (primary N) is 1. The van der Waals surface area contributed by atoms with Gasteiger partial charge >= 0.3 is 0 Å². The number of rotatable bonds is 6. The zero-order valence-electron chi connectivity index (χ0n) is 12.2. The lowest BCUT2D eigenvalue weighted by Gasteiger charge is -2.37. The van der Waals surface area contributed by atoms with Gasteiger partial charge in [-0.15, -0.1) is 0 Å². The van der Waals surface area contributed by atoms with E-state index in [9.17, 15) is 14.7 Å². The lowest BCUT2D eigenvalue weighted by atomic mass is 9.88. The van der Waals surface area contributed by atoms with Gasteiger partial charge in [-0.2, -0.15) is 0 Å². The Hall–Kier alpha value is -1.40. The summed E-state index contributed by atoms with van der Waals surface area (Å²) in [4.78, 5) is 22.3. The van der Waals surface area contributed by atoms with E-state index in [0.717, 1.165) is 12.8 Å². The van der Waals surface area contributed by atoms with E-state index in [-0.39, 0.29) is 24.0 Å². The van der Waals surface area contributed by atoms with Gasteiger partial charge in [0.2, 0.25) is 5.91 Å². The highest BCUT2D eigenvalue weighted by Crippen LogP contribution is 2.22. The molecule has 0 spiro atoms. The van der Waals surface area contributed by atoms with Crippen LogP contribution >= 0.6 is 0 Å². The SMILES string of the molecule is CCC(CC)OC1C=C(C(=O)[O-])CC(N)C1NC(C)=O. The maximum Gasteiger partial charge on any atom is 0.217 e. The second-order valence-electron chi connectivity index (χ2n) is 5.11. The van der Waals surface area contributed by atoms with Gasteiger partial charge in [-0.25, -0.2) is 0 Å². The zero-order chi connectivity index (χ0) is 15.3. The van der Waals surface area contributed by atoms with Crippen LogP contribution in [0.1, 0.15) is 40.0 Å². The molecule has 6 nitrogen and oxygen atoms in total. The molecule has 0 radical (unpaired) electrons. The summed E-state index contributed by atoms with van der Waals surface area (Å²) in [6, 6.07) is -0.924. The van der Waals surface area contributed by atoms with Crippen LogP contribution in [0, 0.1) is 0 Å². The highest BCUT2D eigenvalue weighted by atomic mass is 16.5. The van der Waals surface area contributed by atoms with E-state index in [1.165, 1.54) is 13.0 Å². The summed E-state index contributed by atoms with van der Waals surface area (Å²) >= 11 is 0. The van der Waals surface area contributed by atoms with Gasteiger partial charge in [0.1, 0.15) is 0 Å².